The Bertz CT molecular complexity index is 1220. The predicted octanol–water partition coefficient (Wildman–Crippen LogP) is 6.63. The summed E-state index contributed by atoms with van der Waals surface area (Å²) in [6.45, 7) is 2.23. The van der Waals surface area contributed by atoms with Crippen molar-refractivity contribution in [2.45, 2.75) is 13.5 Å². The average molecular weight is 444 g/mol. The smallest absolute Gasteiger partial charge is 0.449 e. The van der Waals surface area contributed by atoms with E-state index in [2.05, 4.69) is 0 Å². The minimum absolute atomic E-state index is 0.160. The van der Waals surface area contributed by atoms with Crippen molar-refractivity contribution in [3.63, 3.8) is 0 Å². The monoisotopic (exact) mass is 443 g/mol. The van der Waals surface area contributed by atoms with Crippen LogP contribution in [-0.4, -0.2) is 17.2 Å². The molecule has 32 heavy (non-hydrogen) atoms. The molecule has 4 aromatic rings. The Labute approximate surface area is 190 Å². The van der Waals surface area contributed by atoms with E-state index in [9.17, 15) is 14.7 Å². The topological polar surface area (TPSA) is 66.8 Å². The Balaban J connectivity index is 1.81. The zero-order chi connectivity index (χ0) is 22.5. The maximum atomic E-state index is 13.6. The number of amides is 1. The summed E-state index contributed by atoms with van der Waals surface area (Å²) in [6.07, 6.45) is -1.42. The molecule has 6 heteroatoms. The van der Waals surface area contributed by atoms with Crippen molar-refractivity contribution in [3.05, 3.63) is 108 Å². The maximum Gasteiger partial charge on any atom is 0.512 e. The van der Waals surface area contributed by atoms with Crippen molar-refractivity contribution in [3.8, 4) is 15.5 Å². The first-order chi connectivity index (χ1) is 15.5. The lowest BCUT2D eigenvalue weighted by Crippen LogP contribution is -2.30. The lowest BCUT2D eigenvalue weighted by Gasteiger charge is -2.23. The number of carbonyl (C=O) groups is 2. The second-order valence-electron chi connectivity index (χ2n) is 7.26. The summed E-state index contributed by atoms with van der Waals surface area (Å²) in [7, 11) is 0. The highest BCUT2D eigenvalue weighted by molar-refractivity contribution is 7.18. The van der Waals surface area contributed by atoms with Gasteiger partial charge < -0.3 is 9.84 Å². The van der Waals surface area contributed by atoms with Crippen LogP contribution in [0, 0.1) is 6.92 Å². The normalized spacial score (nSPS) is 10.5. The molecule has 0 atom stereocenters. The van der Waals surface area contributed by atoms with Gasteiger partial charge in [0, 0.05) is 10.4 Å². The quantitative estimate of drug-likeness (QED) is 0.340. The number of carboxylic acid groups (broad SMARTS) is 1. The number of hydrogen-bond acceptors (Lipinski definition) is 4. The van der Waals surface area contributed by atoms with Crippen LogP contribution in [0.5, 0.6) is 5.06 Å². The molecule has 0 spiro atoms. The molecular formula is C26H21NO4S. The molecule has 0 unspecified atom stereocenters. The van der Waals surface area contributed by atoms with Crippen LogP contribution in [0.2, 0.25) is 0 Å². The molecule has 0 saturated carbocycles. The summed E-state index contributed by atoms with van der Waals surface area (Å²) in [6, 6.07) is 28.3. The highest BCUT2D eigenvalue weighted by atomic mass is 32.1. The Morgan fingerprint density at radius 1 is 0.906 bits per heavy atom. The van der Waals surface area contributed by atoms with Crippen LogP contribution < -0.4 is 9.64 Å². The van der Waals surface area contributed by atoms with Crippen molar-refractivity contribution < 1.29 is 19.4 Å². The molecule has 5 nitrogen and oxygen atoms in total. The molecule has 0 fully saturated rings. The SMILES string of the molecule is Cc1ccc(C(=O)N(Cc2ccccc2)c2cc(-c3ccccc3)sc2OC(=O)O)cc1. The molecule has 4 rings (SSSR count). The Kier molecular flexibility index (Phi) is 6.33. The summed E-state index contributed by atoms with van der Waals surface area (Å²) in [4.78, 5) is 27.4. The standard InChI is InChI=1S/C26H21NO4S/c1-18-12-14-21(15-13-18)24(28)27(17-19-8-4-2-5-9-19)22-16-23(20-10-6-3-7-11-20)32-25(22)31-26(29)30/h2-16H,17H2,1H3,(H,29,30). The molecule has 1 aromatic heterocycles. The van der Waals surface area contributed by atoms with Crippen molar-refractivity contribution in [2.24, 2.45) is 0 Å². The first-order valence-electron chi connectivity index (χ1n) is 10.0. The van der Waals surface area contributed by atoms with E-state index in [1.807, 2.05) is 85.8 Å². The van der Waals surface area contributed by atoms with Gasteiger partial charge in [0.2, 0.25) is 5.06 Å². The van der Waals surface area contributed by atoms with Crippen LogP contribution in [0.25, 0.3) is 10.4 Å². The van der Waals surface area contributed by atoms with E-state index in [0.29, 0.717) is 11.3 Å². The van der Waals surface area contributed by atoms with Gasteiger partial charge in [-0.25, -0.2) is 4.79 Å². The number of aryl methyl sites for hydroxylation is 1. The van der Waals surface area contributed by atoms with Gasteiger partial charge in [-0.1, -0.05) is 89.7 Å². The van der Waals surface area contributed by atoms with Gasteiger partial charge in [0.15, 0.2) is 0 Å². The molecule has 1 amide bonds. The van der Waals surface area contributed by atoms with E-state index in [1.54, 1.807) is 17.0 Å². The number of rotatable bonds is 6. The number of anilines is 1. The Morgan fingerprint density at radius 3 is 2.16 bits per heavy atom. The molecule has 0 radical (unpaired) electrons. The van der Waals surface area contributed by atoms with E-state index >= 15 is 0 Å². The number of ether oxygens (including phenoxy) is 1. The number of hydrogen-bond donors (Lipinski definition) is 1. The van der Waals surface area contributed by atoms with E-state index in [0.717, 1.165) is 21.6 Å². The minimum Gasteiger partial charge on any atom is -0.449 e. The summed E-state index contributed by atoms with van der Waals surface area (Å²) in [5.41, 5.74) is 3.82. The summed E-state index contributed by atoms with van der Waals surface area (Å²) in [5, 5.41) is 9.47. The molecule has 0 aliphatic heterocycles. The lowest BCUT2D eigenvalue weighted by molar-refractivity contribution is 0.0983. The zero-order valence-corrected chi connectivity index (χ0v) is 18.2. The molecule has 160 valence electrons. The third kappa shape index (κ3) is 4.87. The molecule has 3 aromatic carbocycles. The first kappa shape index (κ1) is 21.3. The van der Waals surface area contributed by atoms with Crippen LogP contribution in [0.4, 0.5) is 10.5 Å². The first-order valence-corrected chi connectivity index (χ1v) is 10.9. The fraction of sp³-hybridized carbons (Fsp3) is 0.0769. The fourth-order valence-corrected chi connectivity index (χ4v) is 4.35. The second-order valence-corrected chi connectivity index (χ2v) is 8.28. The van der Waals surface area contributed by atoms with Crippen LogP contribution >= 0.6 is 11.3 Å². The Morgan fingerprint density at radius 2 is 1.53 bits per heavy atom. The molecule has 1 N–H and O–H groups in total. The second kappa shape index (κ2) is 9.49. The lowest BCUT2D eigenvalue weighted by atomic mass is 10.1. The molecule has 0 aliphatic rings. The number of benzene rings is 3. The van der Waals surface area contributed by atoms with Gasteiger partial charge in [0.25, 0.3) is 5.91 Å². The highest BCUT2D eigenvalue weighted by Crippen LogP contribution is 2.44. The van der Waals surface area contributed by atoms with Crippen LogP contribution in [-0.2, 0) is 6.54 Å². The zero-order valence-electron chi connectivity index (χ0n) is 17.4. The molecule has 0 saturated heterocycles. The maximum absolute atomic E-state index is 13.6. The fourth-order valence-electron chi connectivity index (χ4n) is 3.33. The molecule has 0 aliphatic carbocycles. The van der Waals surface area contributed by atoms with Gasteiger partial charge in [0.1, 0.15) is 0 Å². The molecular weight excluding hydrogens is 422 g/mol. The van der Waals surface area contributed by atoms with Gasteiger partial charge in [-0.3, -0.25) is 9.69 Å². The average Bonchev–Trinajstić information content (AvgIpc) is 3.21. The van der Waals surface area contributed by atoms with Crippen molar-refractivity contribution >= 4 is 29.1 Å². The van der Waals surface area contributed by atoms with E-state index in [1.165, 1.54) is 11.3 Å². The summed E-state index contributed by atoms with van der Waals surface area (Å²) < 4.78 is 5.11. The molecule has 0 bridgehead atoms. The van der Waals surface area contributed by atoms with Crippen LogP contribution in [0.1, 0.15) is 21.5 Å². The van der Waals surface area contributed by atoms with Crippen LogP contribution in [0.15, 0.2) is 91.0 Å². The Hall–Kier alpha value is -3.90. The minimum atomic E-state index is -1.42. The van der Waals surface area contributed by atoms with Crippen molar-refractivity contribution in [1.29, 1.82) is 0 Å². The van der Waals surface area contributed by atoms with E-state index in [-0.39, 0.29) is 17.5 Å². The van der Waals surface area contributed by atoms with Crippen molar-refractivity contribution in [1.82, 2.24) is 0 Å². The van der Waals surface area contributed by atoms with Gasteiger partial charge in [0.05, 0.1) is 12.2 Å². The predicted molar refractivity (Wildman–Crippen MR) is 127 cm³/mol. The number of carbonyl (C=O) groups excluding carboxylic acids is 1. The van der Waals surface area contributed by atoms with Gasteiger partial charge in [-0.05, 0) is 36.2 Å². The van der Waals surface area contributed by atoms with Gasteiger partial charge in [-0.15, -0.1) is 0 Å². The highest BCUT2D eigenvalue weighted by Gasteiger charge is 2.26. The summed E-state index contributed by atoms with van der Waals surface area (Å²) >= 11 is 1.20. The third-order valence-corrected chi connectivity index (χ3v) is 5.99. The van der Waals surface area contributed by atoms with Crippen LogP contribution in [0.3, 0.4) is 0 Å². The number of thiophene rings is 1. The summed E-state index contributed by atoms with van der Waals surface area (Å²) in [5.74, 6) is -0.235. The van der Waals surface area contributed by atoms with Crippen molar-refractivity contribution in [2.75, 3.05) is 4.90 Å². The van der Waals surface area contributed by atoms with E-state index in [4.69, 9.17) is 4.74 Å². The molecule has 1 heterocycles. The third-order valence-electron chi connectivity index (χ3n) is 4.94. The largest absolute Gasteiger partial charge is 0.512 e. The van der Waals surface area contributed by atoms with Gasteiger partial charge >= 0.3 is 6.16 Å². The van der Waals surface area contributed by atoms with E-state index < -0.39 is 6.16 Å². The van der Waals surface area contributed by atoms with Gasteiger partial charge in [-0.2, -0.15) is 0 Å². The number of nitrogens with zero attached hydrogens (tertiary/aromatic N) is 1.